The number of amides is 1. The second-order valence-electron chi connectivity index (χ2n) is 6.64. The number of rotatable bonds is 5. The summed E-state index contributed by atoms with van der Waals surface area (Å²) in [7, 11) is 0. The van der Waals surface area contributed by atoms with Crippen LogP contribution in [-0.2, 0) is 6.54 Å². The predicted molar refractivity (Wildman–Crippen MR) is 100 cm³/mol. The number of benzene rings is 2. The zero-order valence-electron chi connectivity index (χ0n) is 15.2. The Labute approximate surface area is 152 Å². The maximum atomic E-state index is 13.5. The maximum absolute atomic E-state index is 13.5. The molecule has 0 unspecified atom stereocenters. The molecule has 4 nitrogen and oxygen atoms in total. The highest BCUT2D eigenvalue weighted by Crippen LogP contribution is 2.22. The summed E-state index contributed by atoms with van der Waals surface area (Å²) >= 11 is 0. The van der Waals surface area contributed by atoms with Gasteiger partial charge in [0.1, 0.15) is 11.5 Å². The van der Waals surface area contributed by atoms with E-state index in [1.807, 2.05) is 44.2 Å². The Balaban J connectivity index is 1.84. The van der Waals surface area contributed by atoms with Gasteiger partial charge in [-0.15, -0.1) is 0 Å². The van der Waals surface area contributed by atoms with Crippen LogP contribution in [-0.4, -0.2) is 27.0 Å². The summed E-state index contributed by atoms with van der Waals surface area (Å²) in [4.78, 5) is 14.7. The predicted octanol–water partition coefficient (Wildman–Crippen LogP) is 4.58. The Morgan fingerprint density at radius 2 is 1.88 bits per heavy atom. The van der Waals surface area contributed by atoms with Crippen LogP contribution in [0.3, 0.4) is 0 Å². The lowest BCUT2D eigenvalue weighted by Gasteiger charge is -2.26. The normalized spacial score (nSPS) is 11.0. The van der Waals surface area contributed by atoms with Gasteiger partial charge in [-0.3, -0.25) is 9.89 Å². The fourth-order valence-electron chi connectivity index (χ4n) is 2.81. The highest BCUT2D eigenvalue weighted by Gasteiger charge is 2.21. The molecule has 26 heavy (non-hydrogen) atoms. The summed E-state index contributed by atoms with van der Waals surface area (Å²) in [5.74, 6) is -0.365. The molecule has 0 radical (unpaired) electrons. The van der Waals surface area contributed by atoms with Crippen molar-refractivity contribution < 1.29 is 9.18 Å². The fourth-order valence-corrected chi connectivity index (χ4v) is 2.81. The number of aryl methyl sites for hydroxylation is 1. The van der Waals surface area contributed by atoms with Crippen molar-refractivity contribution in [2.45, 2.75) is 33.4 Å². The summed E-state index contributed by atoms with van der Waals surface area (Å²) in [6.07, 6.45) is 0. The van der Waals surface area contributed by atoms with E-state index >= 15 is 0 Å². The number of H-pyrrole nitrogens is 1. The third-order valence-corrected chi connectivity index (χ3v) is 4.34. The largest absolute Gasteiger partial charge is 0.331 e. The molecule has 2 aromatic carbocycles. The summed E-state index contributed by atoms with van der Waals surface area (Å²) in [5.41, 5.74) is 3.44. The Kier molecular flexibility index (Phi) is 5.16. The quantitative estimate of drug-likeness (QED) is 0.732. The van der Waals surface area contributed by atoms with E-state index in [1.165, 1.54) is 6.07 Å². The summed E-state index contributed by atoms with van der Waals surface area (Å²) in [6, 6.07) is 16.4. The summed E-state index contributed by atoms with van der Waals surface area (Å²) in [5, 5.41) is 7.06. The number of carbonyl (C=O) groups is 1. The lowest BCUT2D eigenvalue weighted by atomic mass is 10.1. The molecule has 1 amide bonds. The topological polar surface area (TPSA) is 49.0 Å². The average Bonchev–Trinajstić information content (AvgIpc) is 3.12. The van der Waals surface area contributed by atoms with E-state index in [2.05, 4.69) is 10.2 Å². The molecule has 3 aromatic rings. The second-order valence-corrected chi connectivity index (χ2v) is 6.64. The van der Waals surface area contributed by atoms with E-state index in [9.17, 15) is 9.18 Å². The monoisotopic (exact) mass is 351 g/mol. The van der Waals surface area contributed by atoms with Gasteiger partial charge in [0.15, 0.2) is 0 Å². The number of aromatic amines is 1. The SMILES string of the molecule is Cc1cc(-c2cc(C(=O)N(Cc3ccccc3)C(C)C)[nH]n2)ccc1F. The Morgan fingerprint density at radius 1 is 1.15 bits per heavy atom. The molecule has 0 saturated carbocycles. The molecule has 3 rings (SSSR count). The summed E-state index contributed by atoms with van der Waals surface area (Å²) < 4.78 is 13.5. The van der Waals surface area contributed by atoms with Crippen LogP contribution in [0.4, 0.5) is 4.39 Å². The van der Waals surface area contributed by atoms with Gasteiger partial charge in [-0.1, -0.05) is 30.3 Å². The van der Waals surface area contributed by atoms with Gasteiger partial charge in [0, 0.05) is 18.2 Å². The molecular weight excluding hydrogens is 329 g/mol. The molecule has 0 bridgehead atoms. The van der Waals surface area contributed by atoms with Crippen LogP contribution in [0.15, 0.2) is 54.6 Å². The van der Waals surface area contributed by atoms with Gasteiger partial charge < -0.3 is 4.90 Å². The van der Waals surface area contributed by atoms with Crippen LogP contribution >= 0.6 is 0 Å². The molecule has 5 heteroatoms. The van der Waals surface area contributed by atoms with Gasteiger partial charge >= 0.3 is 0 Å². The van der Waals surface area contributed by atoms with E-state index in [-0.39, 0.29) is 17.8 Å². The number of nitrogens with zero attached hydrogens (tertiary/aromatic N) is 2. The van der Waals surface area contributed by atoms with E-state index in [4.69, 9.17) is 0 Å². The average molecular weight is 351 g/mol. The Hall–Kier alpha value is -2.95. The molecule has 0 saturated heterocycles. The molecule has 0 atom stereocenters. The van der Waals surface area contributed by atoms with Crippen molar-refractivity contribution >= 4 is 5.91 Å². The molecule has 0 spiro atoms. The van der Waals surface area contributed by atoms with E-state index in [0.29, 0.717) is 23.5 Å². The van der Waals surface area contributed by atoms with Crippen LogP contribution < -0.4 is 0 Å². The van der Waals surface area contributed by atoms with Gasteiger partial charge in [-0.25, -0.2) is 4.39 Å². The van der Waals surface area contributed by atoms with Gasteiger partial charge in [0.05, 0.1) is 5.69 Å². The molecule has 1 heterocycles. The van der Waals surface area contributed by atoms with Crippen molar-refractivity contribution in [3.63, 3.8) is 0 Å². The van der Waals surface area contributed by atoms with Crippen LogP contribution in [0.5, 0.6) is 0 Å². The number of nitrogens with one attached hydrogen (secondary N) is 1. The first-order valence-corrected chi connectivity index (χ1v) is 8.62. The smallest absolute Gasteiger partial charge is 0.272 e. The highest BCUT2D eigenvalue weighted by molar-refractivity contribution is 5.93. The van der Waals surface area contributed by atoms with E-state index in [1.54, 1.807) is 30.0 Å². The lowest BCUT2D eigenvalue weighted by Crippen LogP contribution is -2.36. The third kappa shape index (κ3) is 3.82. The van der Waals surface area contributed by atoms with Crippen molar-refractivity contribution in [2.75, 3.05) is 0 Å². The van der Waals surface area contributed by atoms with Crippen LogP contribution in [0, 0.1) is 12.7 Å². The van der Waals surface area contributed by atoms with E-state index < -0.39 is 0 Å². The number of hydrogen-bond acceptors (Lipinski definition) is 2. The molecule has 0 aliphatic rings. The molecule has 0 aliphatic carbocycles. The number of hydrogen-bond donors (Lipinski definition) is 1. The van der Waals surface area contributed by atoms with Crippen LogP contribution in [0.1, 0.15) is 35.5 Å². The number of halogens is 1. The zero-order chi connectivity index (χ0) is 18.7. The Bertz CT molecular complexity index is 903. The van der Waals surface area contributed by atoms with Gasteiger partial charge in [0.2, 0.25) is 0 Å². The van der Waals surface area contributed by atoms with Crippen LogP contribution in [0.2, 0.25) is 0 Å². The minimum Gasteiger partial charge on any atom is -0.331 e. The minimum atomic E-state index is -0.255. The zero-order valence-corrected chi connectivity index (χ0v) is 15.2. The van der Waals surface area contributed by atoms with Crippen LogP contribution in [0.25, 0.3) is 11.3 Å². The van der Waals surface area contributed by atoms with Gasteiger partial charge in [-0.2, -0.15) is 5.10 Å². The minimum absolute atomic E-state index is 0.0440. The first kappa shape index (κ1) is 17.9. The number of carbonyl (C=O) groups excluding carboxylic acids is 1. The molecule has 0 fully saturated rings. The van der Waals surface area contributed by atoms with Crippen molar-refractivity contribution in [3.05, 3.63) is 77.2 Å². The Morgan fingerprint density at radius 3 is 2.54 bits per heavy atom. The fraction of sp³-hybridized carbons (Fsp3) is 0.238. The number of aromatic nitrogens is 2. The standard InChI is InChI=1S/C21H22FN3O/c1-14(2)25(13-16-7-5-4-6-8-16)21(26)20-12-19(23-24-20)17-9-10-18(22)15(3)11-17/h4-12,14H,13H2,1-3H3,(H,23,24). The van der Waals surface area contributed by atoms with Crippen molar-refractivity contribution in [3.8, 4) is 11.3 Å². The second kappa shape index (κ2) is 7.52. The van der Waals surface area contributed by atoms with Crippen molar-refractivity contribution in [2.24, 2.45) is 0 Å². The molecule has 1 N–H and O–H groups in total. The third-order valence-electron chi connectivity index (χ3n) is 4.34. The molecule has 0 aliphatic heterocycles. The lowest BCUT2D eigenvalue weighted by molar-refractivity contribution is 0.0684. The van der Waals surface area contributed by atoms with Gasteiger partial charge in [0.25, 0.3) is 5.91 Å². The summed E-state index contributed by atoms with van der Waals surface area (Å²) in [6.45, 7) is 6.21. The van der Waals surface area contributed by atoms with Gasteiger partial charge in [-0.05, 0) is 56.2 Å². The van der Waals surface area contributed by atoms with Crippen molar-refractivity contribution in [1.82, 2.24) is 15.1 Å². The molecule has 134 valence electrons. The molecule has 1 aromatic heterocycles. The first-order chi connectivity index (χ1) is 12.5. The first-order valence-electron chi connectivity index (χ1n) is 8.62. The molecular formula is C21H22FN3O. The maximum Gasteiger partial charge on any atom is 0.272 e. The van der Waals surface area contributed by atoms with E-state index in [0.717, 1.165) is 11.1 Å². The highest BCUT2D eigenvalue weighted by atomic mass is 19.1. The van der Waals surface area contributed by atoms with Crippen molar-refractivity contribution in [1.29, 1.82) is 0 Å².